The van der Waals surface area contributed by atoms with Crippen molar-refractivity contribution < 1.29 is 63.5 Å². The average Bonchev–Trinajstić information content (AvgIpc) is 2.96. The lowest BCUT2D eigenvalue weighted by Crippen LogP contribution is -2.61. The van der Waals surface area contributed by atoms with Gasteiger partial charge < -0.3 is 63.5 Å². The second-order valence-electron chi connectivity index (χ2n) is 9.46. The lowest BCUT2D eigenvalue weighted by atomic mass is 9.99. The van der Waals surface area contributed by atoms with E-state index in [1.165, 1.54) is 20.3 Å². The standard InChI is InChI=1S/C26H30O14/c1-34-13-7-14(23(35-2)24-16(13)17(28)10-5-3-4-6-12(10)38-24)39-26-22(33)20(31)19(30)15(40-26)9-37-25-21(32)18(29)11(27)8-36-25/h3-7,11,15,18-22,25-27,29-33H,8-9H2,1-2H3. The summed E-state index contributed by atoms with van der Waals surface area (Å²) in [5.74, 6) is -0.00452. The molecule has 0 aliphatic carbocycles. The summed E-state index contributed by atoms with van der Waals surface area (Å²) < 4.78 is 39.0. The van der Waals surface area contributed by atoms with E-state index in [9.17, 15) is 35.4 Å². The number of aliphatic hydroxyl groups is 6. The molecule has 0 amide bonds. The van der Waals surface area contributed by atoms with E-state index < -0.39 is 61.9 Å². The first-order valence-corrected chi connectivity index (χ1v) is 12.4. The van der Waals surface area contributed by atoms with Crippen molar-refractivity contribution in [3.8, 4) is 17.2 Å². The molecule has 9 unspecified atom stereocenters. The van der Waals surface area contributed by atoms with Crippen LogP contribution >= 0.6 is 0 Å². The molecule has 2 aromatic carbocycles. The minimum atomic E-state index is -1.74. The molecule has 2 aliphatic rings. The van der Waals surface area contributed by atoms with Crippen molar-refractivity contribution in [3.63, 3.8) is 0 Å². The third-order valence-corrected chi connectivity index (χ3v) is 6.95. The second kappa shape index (κ2) is 11.4. The Labute approximate surface area is 226 Å². The first-order chi connectivity index (χ1) is 19.2. The molecule has 9 atom stereocenters. The molecule has 3 heterocycles. The van der Waals surface area contributed by atoms with Gasteiger partial charge in [-0.2, -0.15) is 0 Å². The fourth-order valence-electron chi connectivity index (χ4n) is 4.73. The highest BCUT2D eigenvalue weighted by Crippen LogP contribution is 2.42. The Bertz CT molecular complexity index is 1410. The normalized spacial score (nSPS) is 32.8. The molecule has 1 aromatic heterocycles. The van der Waals surface area contributed by atoms with E-state index in [0.29, 0.717) is 5.39 Å². The summed E-state index contributed by atoms with van der Waals surface area (Å²) in [6, 6.07) is 7.95. The smallest absolute Gasteiger partial charge is 0.229 e. The summed E-state index contributed by atoms with van der Waals surface area (Å²) in [5.41, 5.74) is -0.0736. The summed E-state index contributed by atoms with van der Waals surface area (Å²) in [6.07, 6.45) is -13.8. The minimum Gasteiger partial charge on any atom is -0.496 e. The summed E-state index contributed by atoms with van der Waals surface area (Å²) >= 11 is 0. The van der Waals surface area contributed by atoms with E-state index in [-0.39, 0.29) is 45.8 Å². The summed E-state index contributed by atoms with van der Waals surface area (Å²) in [6.45, 7) is -0.770. The van der Waals surface area contributed by atoms with Crippen LogP contribution in [0.3, 0.4) is 0 Å². The monoisotopic (exact) mass is 566 g/mol. The molecule has 0 bridgehead atoms. The van der Waals surface area contributed by atoms with Gasteiger partial charge in [0.1, 0.15) is 59.4 Å². The van der Waals surface area contributed by atoms with Crippen LogP contribution < -0.4 is 19.6 Å². The molecule has 2 saturated heterocycles. The molecule has 0 spiro atoms. The first-order valence-electron chi connectivity index (χ1n) is 12.4. The van der Waals surface area contributed by atoms with E-state index in [1.807, 2.05) is 0 Å². The highest BCUT2D eigenvalue weighted by Gasteiger charge is 2.47. The zero-order valence-electron chi connectivity index (χ0n) is 21.4. The lowest BCUT2D eigenvalue weighted by molar-refractivity contribution is -0.307. The largest absolute Gasteiger partial charge is 0.496 e. The Morgan fingerprint density at radius 1 is 0.875 bits per heavy atom. The van der Waals surface area contributed by atoms with Crippen molar-refractivity contribution in [2.24, 2.45) is 0 Å². The van der Waals surface area contributed by atoms with E-state index in [0.717, 1.165) is 0 Å². The number of ether oxygens (including phenoxy) is 6. The number of benzene rings is 2. The van der Waals surface area contributed by atoms with E-state index in [2.05, 4.69) is 0 Å². The Morgan fingerprint density at radius 2 is 1.60 bits per heavy atom. The number of aliphatic hydroxyl groups excluding tert-OH is 6. The van der Waals surface area contributed by atoms with Crippen molar-refractivity contribution in [1.82, 2.24) is 0 Å². The maximum Gasteiger partial charge on any atom is 0.229 e. The molecule has 218 valence electrons. The summed E-state index contributed by atoms with van der Waals surface area (Å²) in [4.78, 5) is 13.2. The lowest BCUT2D eigenvalue weighted by Gasteiger charge is -2.41. The number of hydrogen-bond donors (Lipinski definition) is 6. The van der Waals surface area contributed by atoms with Gasteiger partial charge >= 0.3 is 0 Å². The van der Waals surface area contributed by atoms with Crippen molar-refractivity contribution >= 4 is 21.9 Å². The maximum absolute atomic E-state index is 13.2. The Kier molecular flexibility index (Phi) is 8.15. The van der Waals surface area contributed by atoms with E-state index >= 15 is 0 Å². The average molecular weight is 567 g/mol. The van der Waals surface area contributed by atoms with Crippen molar-refractivity contribution in [1.29, 1.82) is 0 Å². The summed E-state index contributed by atoms with van der Waals surface area (Å²) in [7, 11) is 2.66. The number of para-hydroxylation sites is 1. The van der Waals surface area contributed by atoms with Crippen LogP contribution in [-0.2, 0) is 14.2 Å². The van der Waals surface area contributed by atoms with Crippen LogP contribution in [0.5, 0.6) is 17.2 Å². The van der Waals surface area contributed by atoms with Crippen LogP contribution in [-0.4, -0.2) is 113 Å². The van der Waals surface area contributed by atoms with Crippen LogP contribution in [0.1, 0.15) is 0 Å². The predicted molar refractivity (Wildman–Crippen MR) is 134 cm³/mol. The van der Waals surface area contributed by atoms with Gasteiger partial charge in [0, 0.05) is 6.07 Å². The van der Waals surface area contributed by atoms with Crippen molar-refractivity contribution in [2.75, 3.05) is 27.4 Å². The van der Waals surface area contributed by atoms with Gasteiger partial charge in [-0.1, -0.05) is 12.1 Å². The molecule has 3 aromatic rings. The van der Waals surface area contributed by atoms with Crippen LogP contribution in [0.4, 0.5) is 0 Å². The molecule has 2 aliphatic heterocycles. The molecular formula is C26H30O14. The predicted octanol–water partition coefficient (Wildman–Crippen LogP) is -1.39. The molecule has 6 N–H and O–H groups in total. The number of methoxy groups -OCH3 is 2. The molecule has 0 saturated carbocycles. The summed E-state index contributed by atoms with van der Waals surface area (Å²) in [5, 5.41) is 61.6. The second-order valence-corrected chi connectivity index (χ2v) is 9.46. The van der Waals surface area contributed by atoms with Crippen molar-refractivity contribution in [2.45, 2.75) is 55.3 Å². The van der Waals surface area contributed by atoms with E-state index in [1.54, 1.807) is 24.3 Å². The van der Waals surface area contributed by atoms with Gasteiger partial charge in [0.15, 0.2) is 17.6 Å². The van der Waals surface area contributed by atoms with Crippen LogP contribution in [0.25, 0.3) is 21.9 Å². The molecule has 5 rings (SSSR count). The van der Waals surface area contributed by atoms with Gasteiger partial charge in [-0.25, -0.2) is 0 Å². The van der Waals surface area contributed by atoms with Crippen LogP contribution in [0.15, 0.2) is 39.5 Å². The Balaban J connectivity index is 1.43. The van der Waals surface area contributed by atoms with Gasteiger partial charge in [0.05, 0.1) is 32.8 Å². The van der Waals surface area contributed by atoms with Gasteiger partial charge in [-0.15, -0.1) is 0 Å². The highest BCUT2D eigenvalue weighted by atomic mass is 16.7. The number of hydrogen-bond acceptors (Lipinski definition) is 14. The third kappa shape index (κ3) is 4.98. The molecular weight excluding hydrogens is 536 g/mol. The number of fused-ring (bicyclic) bond motifs is 2. The SMILES string of the molecule is COc1c(OC2OC(COC3OCC(O)C(O)C3O)C(O)C(O)C2O)cc(OC)c2c(=O)c3ccccc3oc12. The zero-order valence-corrected chi connectivity index (χ0v) is 21.4. The molecule has 2 fully saturated rings. The fourth-order valence-corrected chi connectivity index (χ4v) is 4.73. The van der Waals surface area contributed by atoms with Crippen LogP contribution in [0.2, 0.25) is 0 Å². The quantitative estimate of drug-likeness (QED) is 0.182. The molecule has 14 nitrogen and oxygen atoms in total. The molecule has 14 heteroatoms. The Morgan fingerprint density at radius 3 is 2.33 bits per heavy atom. The van der Waals surface area contributed by atoms with Gasteiger partial charge in [0.2, 0.25) is 17.5 Å². The highest BCUT2D eigenvalue weighted by molar-refractivity contribution is 5.97. The third-order valence-electron chi connectivity index (χ3n) is 6.95. The maximum atomic E-state index is 13.2. The minimum absolute atomic E-state index is 0.00972. The number of rotatable bonds is 7. The van der Waals surface area contributed by atoms with Gasteiger partial charge in [-0.3, -0.25) is 4.79 Å². The molecule has 40 heavy (non-hydrogen) atoms. The van der Waals surface area contributed by atoms with E-state index in [4.69, 9.17) is 32.8 Å². The van der Waals surface area contributed by atoms with Gasteiger partial charge in [0.25, 0.3) is 0 Å². The Hall–Kier alpha value is -3.05. The topological polar surface area (TPSA) is 207 Å². The fraction of sp³-hybridized carbons (Fsp3) is 0.500. The zero-order chi connectivity index (χ0) is 28.7. The first kappa shape index (κ1) is 28.5. The van der Waals surface area contributed by atoms with Gasteiger partial charge in [-0.05, 0) is 12.1 Å². The molecule has 0 radical (unpaired) electrons. The van der Waals surface area contributed by atoms with Crippen LogP contribution in [0, 0.1) is 0 Å². The van der Waals surface area contributed by atoms with Crippen molar-refractivity contribution in [3.05, 3.63) is 40.6 Å².